The predicted octanol–water partition coefficient (Wildman–Crippen LogP) is 2.22. The Kier molecular flexibility index (Phi) is 6.49. The van der Waals surface area contributed by atoms with Crippen LogP contribution < -0.4 is 10.2 Å². The summed E-state index contributed by atoms with van der Waals surface area (Å²) in [4.78, 5) is 13.6. The van der Waals surface area contributed by atoms with Crippen LogP contribution in [-0.4, -0.2) is 55.6 Å². The SMILES string of the molecule is CCC(CC)CNC(=NC)N1CCN(c2ccccn2)CC1. The Morgan fingerprint density at radius 1 is 1.23 bits per heavy atom. The highest BCUT2D eigenvalue weighted by Gasteiger charge is 2.20. The minimum absolute atomic E-state index is 0.728. The number of guanidine groups is 1. The summed E-state index contributed by atoms with van der Waals surface area (Å²) in [6.45, 7) is 9.47. The lowest BCUT2D eigenvalue weighted by Crippen LogP contribution is -2.53. The second kappa shape index (κ2) is 8.61. The van der Waals surface area contributed by atoms with Crippen molar-refractivity contribution in [2.24, 2.45) is 10.9 Å². The topological polar surface area (TPSA) is 43.8 Å². The molecular weight excluding hydrogens is 274 g/mol. The summed E-state index contributed by atoms with van der Waals surface area (Å²) in [5.41, 5.74) is 0. The van der Waals surface area contributed by atoms with Gasteiger partial charge < -0.3 is 15.1 Å². The van der Waals surface area contributed by atoms with Crippen molar-refractivity contribution < 1.29 is 0 Å². The van der Waals surface area contributed by atoms with Gasteiger partial charge in [0.2, 0.25) is 0 Å². The molecule has 0 bridgehead atoms. The van der Waals surface area contributed by atoms with Crippen LogP contribution in [0, 0.1) is 5.92 Å². The average Bonchev–Trinajstić information content (AvgIpc) is 2.60. The van der Waals surface area contributed by atoms with Crippen molar-refractivity contribution in [2.45, 2.75) is 26.7 Å². The van der Waals surface area contributed by atoms with Crippen molar-refractivity contribution in [1.82, 2.24) is 15.2 Å². The van der Waals surface area contributed by atoms with E-state index >= 15 is 0 Å². The summed E-state index contributed by atoms with van der Waals surface area (Å²) in [6, 6.07) is 6.09. The first-order chi connectivity index (χ1) is 10.8. The van der Waals surface area contributed by atoms with Crippen LogP contribution in [-0.2, 0) is 0 Å². The second-order valence-corrected chi connectivity index (χ2v) is 5.77. The highest BCUT2D eigenvalue weighted by atomic mass is 15.4. The molecule has 0 amide bonds. The fourth-order valence-electron chi connectivity index (χ4n) is 2.83. The van der Waals surface area contributed by atoms with Gasteiger partial charge in [-0.3, -0.25) is 4.99 Å². The lowest BCUT2D eigenvalue weighted by Gasteiger charge is -2.37. The van der Waals surface area contributed by atoms with Crippen LogP contribution in [0.25, 0.3) is 0 Å². The Morgan fingerprint density at radius 3 is 2.50 bits per heavy atom. The van der Waals surface area contributed by atoms with Gasteiger partial charge in [-0.15, -0.1) is 0 Å². The fraction of sp³-hybridized carbons (Fsp3) is 0.647. The van der Waals surface area contributed by atoms with E-state index in [-0.39, 0.29) is 0 Å². The number of pyridine rings is 1. The molecule has 0 spiro atoms. The van der Waals surface area contributed by atoms with E-state index in [9.17, 15) is 0 Å². The van der Waals surface area contributed by atoms with Gasteiger partial charge in [0.1, 0.15) is 5.82 Å². The molecule has 0 radical (unpaired) electrons. The molecule has 0 aromatic carbocycles. The number of piperazine rings is 1. The van der Waals surface area contributed by atoms with Crippen LogP contribution in [0.3, 0.4) is 0 Å². The second-order valence-electron chi connectivity index (χ2n) is 5.77. The van der Waals surface area contributed by atoms with Gasteiger partial charge in [-0.25, -0.2) is 4.98 Å². The average molecular weight is 303 g/mol. The van der Waals surface area contributed by atoms with Gasteiger partial charge in [-0.2, -0.15) is 0 Å². The molecule has 1 N–H and O–H groups in total. The number of anilines is 1. The Hall–Kier alpha value is -1.78. The van der Waals surface area contributed by atoms with Gasteiger partial charge in [-0.1, -0.05) is 32.8 Å². The van der Waals surface area contributed by atoms with Crippen molar-refractivity contribution in [3.8, 4) is 0 Å². The van der Waals surface area contributed by atoms with Crippen molar-refractivity contribution in [3.05, 3.63) is 24.4 Å². The quantitative estimate of drug-likeness (QED) is 0.669. The zero-order valence-corrected chi connectivity index (χ0v) is 14.1. The molecule has 0 atom stereocenters. The van der Waals surface area contributed by atoms with Gasteiger partial charge in [-0.05, 0) is 18.1 Å². The van der Waals surface area contributed by atoms with E-state index in [0.29, 0.717) is 0 Å². The summed E-state index contributed by atoms with van der Waals surface area (Å²) >= 11 is 0. The molecule has 1 saturated heterocycles. The van der Waals surface area contributed by atoms with Crippen LogP contribution in [0.1, 0.15) is 26.7 Å². The molecule has 22 heavy (non-hydrogen) atoms. The Labute approximate surface area is 134 Å². The Balaban J connectivity index is 1.84. The van der Waals surface area contributed by atoms with Gasteiger partial charge in [0.15, 0.2) is 5.96 Å². The summed E-state index contributed by atoms with van der Waals surface area (Å²) in [5, 5.41) is 3.54. The highest BCUT2D eigenvalue weighted by molar-refractivity contribution is 5.80. The van der Waals surface area contributed by atoms with Crippen molar-refractivity contribution in [2.75, 3.05) is 44.7 Å². The minimum atomic E-state index is 0.728. The van der Waals surface area contributed by atoms with Crippen LogP contribution in [0.4, 0.5) is 5.82 Å². The third-order valence-corrected chi connectivity index (χ3v) is 4.47. The standard InChI is InChI=1S/C17H29N5/c1-4-15(5-2)14-20-17(18-3)22-12-10-21(11-13-22)16-8-6-7-9-19-16/h6-9,15H,4-5,10-14H2,1-3H3,(H,18,20). The summed E-state index contributed by atoms with van der Waals surface area (Å²) in [5.74, 6) is 2.83. The molecule has 5 heteroatoms. The van der Waals surface area contributed by atoms with E-state index in [0.717, 1.165) is 50.4 Å². The third-order valence-electron chi connectivity index (χ3n) is 4.47. The maximum Gasteiger partial charge on any atom is 0.193 e. The molecule has 0 unspecified atom stereocenters. The van der Waals surface area contributed by atoms with E-state index in [4.69, 9.17) is 0 Å². The summed E-state index contributed by atoms with van der Waals surface area (Å²) in [7, 11) is 1.88. The molecule has 1 aromatic rings. The van der Waals surface area contributed by atoms with Gasteiger partial charge in [0, 0.05) is 46.0 Å². The molecule has 1 aliphatic heterocycles. The van der Waals surface area contributed by atoms with Gasteiger partial charge in [0.05, 0.1) is 0 Å². The lowest BCUT2D eigenvalue weighted by atomic mass is 10.0. The van der Waals surface area contributed by atoms with E-state index in [1.807, 2.05) is 25.4 Å². The van der Waals surface area contributed by atoms with E-state index in [2.05, 4.69) is 45.0 Å². The molecule has 1 fully saturated rings. The van der Waals surface area contributed by atoms with Gasteiger partial charge >= 0.3 is 0 Å². The van der Waals surface area contributed by atoms with E-state index in [1.54, 1.807) is 0 Å². The normalized spacial score (nSPS) is 16.3. The number of nitrogens with one attached hydrogen (secondary N) is 1. The first kappa shape index (κ1) is 16.6. The molecule has 2 heterocycles. The van der Waals surface area contributed by atoms with Crippen molar-refractivity contribution >= 4 is 11.8 Å². The monoisotopic (exact) mass is 303 g/mol. The number of aliphatic imine (C=N–C) groups is 1. The summed E-state index contributed by atoms with van der Waals surface area (Å²) < 4.78 is 0. The number of hydrogen-bond donors (Lipinski definition) is 1. The molecule has 0 aliphatic carbocycles. The Morgan fingerprint density at radius 2 is 1.95 bits per heavy atom. The molecule has 2 rings (SSSR count). The largest absolute Gasteiger partial charge is 0.356 e. The molecule has 122 valence electrons. The van der Waals surface area contributed by atoms with E-state index < -0.39 is 0 Å². The molecule has 5 nitrogen and oxygen atoms in total. The molecular formula is C17H29N5. The van der Waals surface area contributed by atoms with Crippen molar-refractivity contribution in [3.63, 3.8) is 0 Å². The number of aromatic nitrogens is 1. The minimum Gasteiger partial charge on any atom is -0.356 e. The van der Waals surface area contributed by atoms with E-state index in [1.165, 1.54) is 12.8 Å². The highest BCUT2D eigenvalue weighted by Crippen LogP contribution is 2.13. The predicted molar refractivity (Wildman–Crippen MR) is 93.5 cm³/mol. The smallest absolute Gasteiger partial charge is 0.193 e. The fourth-order valence-corrected chi connectivity index (χ4v) is 2.83. The number of nitrogens with zero attached hydrogens (tertiary/aromatic N) is 4. The molecule has 0 saturated carbocycles. The zero-order valence-electron chi connectivity index (χ0n) is 14.1. The third kappa shape index (κ3) is 4.36. The number of hydrogen-bond acceptors (Lipinski definition) is 3. The van der Waals surface area contributed by atoms with Crippen LogP contribution >= 0.6 is 0 Å². The zero-order chi connectivity index (χ0) is 15.8. The van der Waals surface area contributed by atoms with Crippen LogP contribution in [0.2, 0.25) is 0 Å². The van der Waals surface area contributed by atoms with Crippen LogP contribution in [0.5, 0.6) is 0 Å². The maximum atomic E-state index is 4.45. The lowest BCUT2D eigenvalue weighted by molar-refractivity contribution is 0.364. The van der Waals surface area contributed by atoms with Crippen LogP contribution in [0.15, 0.2) is 29.4 Å². The van der Waals surface area contributed by atoms with Gasteiger partial charge in [0.25, 0.3) is 0 Å². The Bertz CT molecular complexity index is 447. The number of rotatable bonds is 5. The van der Waals surface area contributed by atoms with Crippen molar-refractivity contribution in [1.29, 1.82) is 0 Å². The summed E-state index contributed by atoms with van der Waals surface area (Å²) in [6.07, 6.45) is 4.29. The maximum absolute atomic E-state index is 4.45. The first-order valence-electron chi connectivity index (χ1n) is 8.40. The molecule has 1 aliphatic rings. The molecule has 1 aromatic heterocycles. The first-order valence-corrected chi connectivity index (χ1v) is 8.40.